The first-order chi connectivity index (χ1) is 11.5. The van der Waals surface area contributed by atoms with Gasteiger partial charge in [0.25, 0.3) is 0 Å². The van der Waals surface area contributed by atoms with Crippen LogP contribution in [0.3, 0.4) is 0 Å². The van der Waals surface area contributed by atoms with Crippen LogP contribution >= 0.6 is 11.6 Å². The summed E-state index contributed by atoms with van der Waals surface area (Å²) in [6.45, 7) is 11.8. The highest BCUT2D eigenvalue weighted by Crippen LogP contribution is 2.25. The zero-order chi connectivity index (χ0) is 17.5. The molecule has 2 aromatic carbocycles. The lowest BCUT2D eigenvalue weighted by atomic mass is 10.1. The van der Waals surface area contributed by atoms with Gasteiger partial charge in [-0.1, -0.05) is 11.6 Å². The fraction of sp³-hybridized carbons (Fsp3) is 0.400. The number of hydrogen-bond donors (Lipinski definition) is 1. The Morgan fingerprint density at radius 3 is 2.12 bits per heavy atom. The minimum Gasteiger partial charge on any atom is -0.492 e. The maximum Gasteiger partial charge on any atom is 0.120 e. The minimum absolute atomic E-state index is 0.609. The molecule has 0 spiro atoms. The van der Waals surface area contributed by atoms with Crippen molar-refractivity contribution in [2.24, 2.45) is 0 Å². The van der Waals surface area contributed by atoms with E-state index in [2.05, 4.69) is 48.3 Å². The Morgan fingerprint density at radius 1 is 1.00 bits per heavy atom. The lowest BCUT2D eigenvalue weighted by molar-refractivity contribution is 0.332. The van der Waals surface area contributed by atoms with Crippen LogP contribution < -0.4 is 15.0 Å². The van der Waals surface area contributed by atoms with E-state index in [0.29, 0.717) is 6.61 Å². The second-order valence-corrected chi connectivity index (χ2v) is 6.24. The molecule has 0 fully saturated rings. The van der Waals surface area contributed by atoms with Gasteiger partial charge >= 0.3 is 0 Å². The molecule has 0 amide bonds. The van der Waals surface area contributed by atoms with Gasteiger partial charge in [0.15, 0.2) is 0 Å². The molecule has 130 valence electrons. The summed E-state index contributed by atoms with van der Waals surface area (Å²) in [6.07, 6.45) is 0. The van der Waals surface area contributed by atoms with Crippen LogP contribution in [0.15, 0.2) is 36.4 Å². The van der Waals surface area contributed by atoms with E-state index in [1.807, 2.05) is 26.0 Å². The molecule has 0 unspecified atom stereocenters. The molecule has 0 bridgehead atoms. The molecule has 0 heterocycles. The molecule has 0 aliphatic rings. The maximum atomic E-state index is 6.18. The molecule has 0 aromatic heterocycles. The Kier molecular flexibility index (Phi) is 6.80. The predicted molar refractivity (Wildman–Crippen MR) is 105 cm³/mol. The van der Waals surface area contributed by atoms with Gasteiger partial charge < -0.3 is 15.0 Å². The second kappa shape index (κ2) is 8.84. The Balaban J connectivity index is 1.82. The zero-order valence-electron chi connectivity index (χ0n) is 15.0. The Hall–Kier alpha value is -1.87. The number of anilines is 2. The highest BCUT2D eigenvalue weighted by atomic mass is 35.5. The highest BCUT2D eigenvalue weighted by Gasteiger charge is 2.04. The van der Waals surface area contributed by atoms with Gasteiger partial charge in [0.2, 0.25) is 0 Å². The summed E-state index contributed by atoms with van der Waals surface area (Å²) >= 11 is 6.18. The first-order valence-electron chi connectivity index (χ1n) is 8.53. The molecule has 1 N–H and O–H groups in total. The van der Waals surface area contributed by atoms with Crippen LogP contribution in [-0.4, -0.2) is 26.2 Å². The fourth-order valence-corrected chi connectivity index (χ4v) is 2.84. The number of nitrogens with zero attached hydrogens (tertiary/aromatic N) is 1. The number of hydrogen-bond acceptors (Lipinski definition) is 3. The molecule has 0 atom stereocenters. The third-order valence-electron chi connectivity index (χ3n) is 4.11. The van der Waals surface area contributed by atoms with Gasteiger partial charge in [-0.2, -0.15) is 0 Å². The van der Waals surface area contributed by atoms with Crippen LogP contribution in [0.2, 0.25) is 5.02 Å². The average molecular weight is 347 g/mol. The molecule has 0 saturated heterocycles. The number of nitrogens with one attached hydrogen (secondary N) is 1. The molecule has 0 aliphatic heterocycles. The average Bonchev–Trinajstić information content (AvgIpc) is 2.59. The van der Waals surface area contributed by atoms with Gasteiger partial charge in [0, 0.05) is 36.0 Å². The summed E-state index contributed by atoms with van der Waals surface area (Å²) in [6, 6.07) is 12.5. The van der Waals surface area contributed by atoms with Crippen LogP contribution in [0.4, 0.5) is 11.4 Å². The van der Waals surface area contributed by atoms with E-state index in [-0.39, 0.29) is 0 Å². The zero-order valence-corrected chi connectivity index (χ0v) is 15.8. The Bertz CT molecular complexity index is 628. The number of rotatable bonds is 8. The van der Waals surface area contributed by atoms with Crippen molar-refractivity contribution >= 4 is 23.0 Å². The summed E-state index contributed by atoms with van der Waals surface area (Å²) in [5.41, 5.74) is 4.46. The van der Waals surface area contributed by atoms with E-state index in [1.54, 1.807) is 0 Å². The standard InChI is InChI=1S/C20H27ClN2O/c1-5-23(6-2)18-9-7-17(8-10-18)22-11-12-24-19-13-15(3)20(21)16(4)14-19/h7-10,13-14,22H,5-6,11-12H2,1-4H3. The van der Waals surface area contributed by atoms with Crippen LogP contribution in [0, 0.1) is 13.8 Å². The van der Waals surface area contributed by atoms with Crippen molar-refractivity contribution in [2.45, 2.75) is 27.7 Å². The van der Waals surface area contributed by atoms with E-state index in [1.165, 1.54) is 5.69 Å². The highest BCUT2D eigenvalue weighted by molar-refractivity contribution is 6.32. The lowest BCUT2D eigenvalue weighted by Crippen LogP contribution is -2.21. The SMILES string of the molecule is CCN(CC)c1ccc(NCCOc2cc(C)c(Cl)c(C)c2)cc1. The minimum atomic E-state index is 0.609. The van der Waals surface area contributed by atoms with Crippen LogP contribution in [-0.2, 0) is 0 Å². The van der Waals surface area contributed by atoms with Gasteiger partial charge in [0.1, 0.15) is 12.4 Å². The largest absolute Gasteiger partial charge is 0.492 e. The van der Waals surface area contributed by atoms with Crippen molar-refractivity contribution < 1.29 is 4.74 Å². The van der Waals surface area contributed by atoms with Crippen LogP contribution in [0.25, 0.3) is 0 Å². The second-order valence-electron chi connectivity index (χ2n) is 5.87. The van der Waals surface area contributed by atoms with E-state index in [0.717, 1.165) is 47.2 Å². The number of aryl methyl sites for hydroxylation is 2. The van der Waals surface area contributed by atoms with Gasteiger partial charge in [-0.25, -0.2) is 0 Å². The molecule has 0 radical (unpaired) electrons. The molecule has 0 saturated carbocycles. The first kappa shape index (κ1) is 18.5. The predicted octanol–water partition coefficient (Wildman–Crippen LogP) is 5.29. The molecule has 0 aliphatic carbocycles. The number of benzene rings is 2. The molecule has 2 rings (SSSR count). The third-order valence-corrected chi connectivity index (χ3v) is 4.70. The molecule has 24 heavy (non-hydrogen) atoms. The molecule has 2 aromatic rings. The van der Waals surface area contributed by atoms with Gasteiger partial charge in [-0.3, -0.25) is 0 Å². The third kappa shape index (κ3) is 4.81. The van der Waals surface area contributed by atoms with Crippen molar-refractivity contribution in [3.63, 3.8) is 0 Å². The maximum absolute atomic E-state index is 6.18. The topological polar surface area (TPSA) is 24.5 Å². The van der Waals surface area contributed by atoms with Crippen molar-refractivity contribution in [1.29, 1.82) is 0 Å². The summed E-state index contributed by atoms with van der Waals surface area (Å²) in [5.74, 6) is 0.869. The normalized spacial score (nSPS) is 10.5. The van der Waals surface area contributed by atoms with E-state index < -0.39 is 0 Å². The van der Waals surface area contributed by atoms with E-state index in [4.69, 9.17) is 16.3 Å². The molecular formula is C20H27ClN2O. The Morgan fingerprint density at radius 2 is 1.58 bits per heavy atom. The Labute approximate surface area is 150 Å². The van der Waals surface area contributed by atoms with Crippen LogP contribution in [0.5, 0.6) is 5.75 Å². The summed E-state index contributed by atoms with van der Waals surface area (Å²) in [5, 5.41) is 4.20. The summed E-state index contributed by atoms with van der Waals surface area (Å²) in [7, 11) is 0. The van der Waals surface area contributed by atoms with E-state index >= 15 is 0 Å². The van der Waals surface area contributed by atoms with Crippen molar-refractivity contribution in [2.75, 3.05) is 36.5 Å². The van der Waals surface area contributed by atoms with Gasteiger partial charge in [-0.05, 0) is 75.2 Å². The van der Waals surface area contributed by atoms with Crippen molar-refractivity contribution in [3.8, 4) is 5.75 Å². The van der Waals surface area contributed by atoms with Crippen molar-refractivity contribution in [3.05, 3.63) is 52.5 Å². The van der Waals surface area contributed by atoms with E-state index in [9.17, 15) is 0 Å². The lowest BCUT2D eigenvalue weighted by Gasteiger charge is -2.21. The smallest absolute Gasteiger partial charge is 0.120 e. The quantitative estimate of drug-likeness (QED) is 0.657. The number of halogens is 1. The van der Waals surface area contributed by atoms with Crippen LogP contribution in [0.1, 0.15) is 25.0 Å². The monoisotopic (exact) mass is 346 g/mol. The molecular weight excluding hydrogens is 320 g/mol. The van der Waals surface area contributed by atoms with Crippen molar-refractivity contribution in [1.82, 2.24) is 0 Å². The van der Waals surface area contributed by atoms with Gasteiger partial charge in [0.05, 0.1) is 0 Å². The summed E-state index contributed by atoms with van der Waals surface area (Å²) in [4.78, 5) is 2.33. The summed E-state index contributed by atoms with van der Waals surface area (Å²) < 4.78 is 5.81. The fourth-order valence-electron chi connectivity index (χ4n) is 2.73. The first-order valence-corrected chi connectivity index (χ1v) is 8.91. The molecule has 3 nitrogen and oxygen atoms in total. The molecule has 4 heteroatoms. The van der Waals surface area contributed by atoms with Gasteiger partial charge in [-0.15, -0.1) is 0 Å². The number of ether oxygens (including phenoxy) is 1.